The maximum atomic E-state index is 6.22. The van der Waals surface area contributed by atoms with Gasteiger partial charge in [-0.3, -0.25) is 0 Å². The smallest absolute Gasteiger partial charge is 0.233 e. The number of aliphatic imine (C=N–C) groups is 1. The second-order valence-corrected chi connectivity index (χ2v) is 5.33. The summed E-state index contributed by atoms with van der Waals surface area (Å²) in [5.74, 6) is 0.744. The SMILES string of the molecule is CC[C@H]1COC(c2cccn2Cc2ccccc2Cl)=N1. The molecule has 1 atom stereocenters. The third-order valence-corrected chi connectivity index (χ3v) is 3.90. The van der Waals surface area contributed by atoms with Gasteiger partial charge >= 0.3 is 0 Å². The molecule has 3 nitrogen and oxygen atoms in total. The standard InChI is InChI=1S/C16H17ClN2O/c1-2-13-11-20-16(18-13)15-8-5-9-19(15)10-12-6-3-4-7-14(12)17/h3-9,13H,2,10-11H2,1H3/t13-/m0/s1. The first-order chi connectivity index (χ1) is 9.78. The van der Waals surface area contributed by atoms with Crippen LogP contribution in [0.3, 0.4) is 0 Å². The molecule has 0 N–H and O–H groups in total. The third kappa shape index (κ3) is 2.59. The molecule has 0 amide bonds. The Morgan fingerprint density at radius 2 is 2.15 bits per heavy atom. The molecule has 0 fully saturated rings. The number of hydrogen-bond acceptors (Lipinski definition) is 2. The molecule has 0 saturated carbocycles. The van der Waals surface area contributed by atoms with Crippen LogP contribution in [-0.4, -0.2) is 23.1 Å². The van der Waals surface area contributed by atoms with Crippen LogP contribution in [0.2, 0.25) is 5.02 Å². The molecule has 0 radical (unpaired) electrons. The number of halogens is 1. The summed E-state index contributed by atoms with van der Waals surface area (Å²) in [6.07, 6.45) is 3.04. The molecule has 4 heteroatoms. The second-order valence-electron chi connectivity index (χ2n) is 4.92. The van der Waals surface area contributed by atoms with Crippen LogP contribution in [0.1, 0.15) is 24.6 Å². The van der Waals surface area contributed by atoms with Crippen LogP contribution in [0, 0.1) is 0 Å². The van der Waals surface area contributed by atoms with E-state index < -0.39 is 0 Å². The quantitative estimate of drug-likeness (QED) is 0.842. The van der Waals surface area contributed by atoms with Crippen LogP contribution in [0.25, 0.3) is 0 Å². The van der Waals surface area contributed by atoms with Crippen LogP contribution < -0.4 is 0 Å². The summed E-state index contributed by atoms with van der Waals surface area (Å²) in [4.78, 5) is 4.61. The Hall–Kier alpha value is -1.74. The van der Waals surface area contributed by atoms with E-state index in [2.05, 4.69) is 16.5 Å². The topological polar surface area (TPSA) is 26.5 Å². The fraction of sp³-hybridized carbons (Fsp3) is 0.312. The monoisotopic (exact) mass is 288 g/mol. The lowest BCUT2D eigenvalue weighted by Crippen LogP contribution is -2.10. The van der Waals surface area contributed by atoms with Gasteiger partial charge in [-0.25, -0.2) is 4.99 Å². The van der Waals surface area contributed by atoms with Gasteiger partial charge in [-0.2, -0.15) is 0 Å². The number of nitrogens with zero attached hydrogens (tertiary/aromatic N) is 2. The maximum absolute atomic E-state index is 6.22. The van der Waals surface area contributed by atoms with E-state index in [4.69, 9.17) is 16.3 Å². The summed E-state index contributed by atoms with van der Waals surface area (Å²) in [5, 5.41) is 0.785. The minimum atomic E-state index is 0.286. The highest BCUT2D eigenvalue weighted by molar-refractivity contribution is 6.31. The summed E-state index contributed by atoms with van der Waals surface area (Å²) < 4.78 is 7.83. The van der Waals surface area contributed by atoms with Crippen molar-refractivity contribution in [2.45, 2.75) is 25.9 Å². The highest BCUT2D eigenvalue weighted by Crippen LogP contribution is 2.19. The summed E-state index contributed by atoms with van der Waals surface area (Å²) in [5.41, 5.74) is 2.11. The number of benzene rings is 1. The van der Waals surface area contributed by atoms with Crippen LogP contribution in [0.15, 0.2) is 47.6 Å². The van der Waals surface area contributed by atoms with Gasteiger partial charge in [-0.05, 0) is 30.2 Å². The van der Waals surface area contributed by atoms with Crippen molar-refractivity contribution in [2.24, 2.45) is 4.99 Å². The largest absolute Gasteiger partial charge is 0.474 e. The molecule has 0 unspecified atom stereocenters. The van der Waals surface area contributed by atoms with E-state index in [-0.39, 0.29) is 6.04 Å². The van der Waals surface area contributed by atoms with Crippen molar-refractivity contribution in [1.29, 1.82) is 0 Å². The second kappa shape index (κ2) is 5.71. The van der Waals surface area contributed by atoms with Crippen LogP contribution in [-0.2, 0) is 11.3 Å². The maximum Gasteiger partial charge on any atom is 0.233 e. The summed E-state index contributed by atoms with van der Waals surface area (Å²) in [6.45, 7) is 3.54. The van der Waals surface area contributed by atoms with E-state index in [0.717, 1.165) is 35.1 Å². The van der Waals surface area contributed by atoms with Crippen molar-refractivity contribution in [3.05, 3.63) is 58.9 Å². The number of ether oxygens (including phenoxy) is 1. The molecule has 104 valence electrons. The predicted octanol–water partition coefficient (Wildman–Crippen LogP) is 3.75. The lowest BCUT2D eigenvalue weighted by molar-refractivity contribution is 0.313. The first-order valence-corrected chi connectivity index (χ1v) is 7.25. The van der Waals surface area contributed by atoms with Crippen molar-refractivity contribution in [1.82, 2.24) is 4.57 Å². The molecule has 1 aliphatic rings. The Kier molecular flexibility index (Phi) is 3.79. The lowest BCUT2D eigenvalue weighted by atomic mass is 10.2. The van der Waals surface area contributed by atoms with E-state index in [1.54, 1.807) is 0 Å². The highest BCUT2D eigenvalue weighted by Gasteiger charge is 2.20. The first kappa shape index (κ1) is 13.3. The Bertz CT molecular complexity index is 633. The molecule has 1 aromatic carbocycles. The van der Waals surface area contributed by atoms with E-state index >= 15 is 0 Å². The van der Waals surface area contributed by atoms with E-state index in [9.17, 15) is 0 Å². The molecular formula is C16H17ClN2O. The molecule has 2 aromatic rings. The van der Waals surface area contributed by atoms with Gasteiger partial charge in [-0.15, -0.1) is 0 Å². The average molecular weight is 289 g/mol. The Morgan fingerprint density at radius 1 is 1.30 bits per heavy atom. The van der Waals surface area contributed by atoms with Crippen molar-refractivity contribution >= 4 is 17.5 Å². The minimum Gasteiger partial charge on any atom is -0.474 e. The van der Waals surface area contributed by atoms with E-state index in [0.29, 0.717) is 6.61 Å². The van der Waals surface area contributed by atoms with Gasteiger partial charge in [0.1, 0.15) is 12.3 Å². The van der Waals surface area contributed by atoms with Crippen molar-refractivity contribution in [2.75, 3.05) is 6.61 Å². The van der Waals surface area contributed by atoms with Gasteiger partial charge in [-0.1, -0.05) is 36.7 Å². The fourth-order valence-corrected chi connectivity index (χ4v) is 2.52. The zero-order chi connectivity index (χ0) is 13.9. The zero-order valence-electron chi connectivity index (χ0n) is 11.4. The Balaban J connectivity index is 1.86. The molecular weight excluding hydrogens is 272 g/mol. The van der Waals surface area contributed by atoms with Crippen LogP contribution in [0.4, 0.5) is 0 Å². The lowest BCUT2D eigenvalue weighted by Gasteiger charge is -2.10. The average Bonchev–Trinajstić information content (AvgIpc) is 3.09. The fourth-order valence-electron chi connectivity index (χ4n) is 2.32. The van der Waals surface area contributed by atoms with Crippen molar-refractivity contribution < 1.29 is 4.74 Å². The van der Waals surface area contributed by atoms with Gasteiger partial charge in [0.05, 0.1) is 6.04 Å². The van der Waals surface area contributed by atoms with Crippen LogP contribution in [0.5, 0.6) is 0 Å². The molecule has 0 saturated heterocycles. The Labute approximate surface area is 123 Å². The summed E-state index contributed by atoms with van der Waals surface area (Å²) >= 11 is 6.22. The van der Waals surface area contributed by atoms with Gasteiger partial charge < -0.3 is 9.30 Å². The predicted molar refractivity (Wildman–Crippen MR) is 81.6 cm³/mol. The zero-order valence-corrected chi connectivity index (χ0v) is 12.2. The van der Waals surface area contributed by atoms with Crippen LogP contribution >= 0.6 is 11.6 Å². The molecule has 0 aliphatic carbocycles. The van der Waals surface area contributed by atoms with E-state index in [1.807, 2.05) is 42.6 Å². The van der Waals surface area contributed by atoms with Gasteiger partial charge in [0, 0.05) is 17.8 Å². The van der Waals surface area contributed by atoms with Gasteiger partial charge in [0.25, 0.3) is 0 Å². The molecule has 2 heterocycles. The van der Waals surface area contributed by atoms with Gasteiger partial charge in [0.15, 0.2) is 0 Å². The normalized spacial score (nSPS) is 17.9. The molecule has 1 aromatic heterocycles. The third-order valence-electron chi connectivity index (χ3n) is 3.53. The highest BCUT2D eigenvalue weighted by atomic mass is 35.5. The molecule has 20 heavy (non-hydrogen) atoms. The van der Waals surface area contributed by atoms with E-state index in [1.165, 1.54) is 0 Å². The molecule has 0 spiro atoms. The molecule has 3 rings (SSSR count). The number of aromatic nitrogens is 1. The van der Waals surface area contributed by atoms with Gasteiger partial charge in [0.2, 0.25) is 5.90 Å². The summed E-state index contributed by atoms with van der Waals surface area (Å²) in [6, 6.07) is 12.2. The number of hydrogen-bond donors (Lipinski definition) is 0. The Morgan fingerprint density at radius 3 is 2.90 bits per heavy atom. The number of rotatable bonds is 4. The molecule has 0 bridgehead atoms. The summed E-state index contributed by atoms with van der Waals surface area (Å²) in [7, 11) is 0. The van der Waals surface area contributed by atoms with Crippen molar-refractivity contribution in [3.63, 3.8) is 0 Å². The minimum absolute atomic E-state index is 0.286. The first-order valence-electron chi connectivity index (χ1n) is 6.87. The van der Waals surface area contributed by atoms with Crippen molar-refractivity contribution in [3.8, 4) is 0 Å². The molecule has 1 aliphatic heterocycles.